The van der Waals surface area contributed by atoms with E-state index in [-0.39, 0.29) is 0 Å². The molecule has 4 aromatic rings. The first-order valence-electron chi connectivity index (χ1n) is 8.27. The highest BCUT2D eigenvalue weighted by atomic mass is 35.5. The van der Waals surface area contributed by atoms with Crippen LogP contribution in [0.2, 0.25) is 5.02 Å². The summed E-state index contributed by atoms with van der Waals surface area (Å²) < 4.78 is 6.17. The predicted molar refractivity (Wildman–Crippen MR) is 105 cm³/mol. The van der Waals surface area contributed by atoms with Gasteiger partial charge in [-0.15, -0.1) is 0 Å². The van der Waals surface area contributed by atoms with Gasteiger partial charge in [-0.1, -0.05) is 53.6 Å². The van der Waals surface area contributed by atoms with Crippen LogP contribution >= 0.6 is 11.6 Å². The monoisotopic (exact) mass is 347 g/mol. The Balaban J connectivity index is 1.79. The van der Waals surface area contributed by atoms with Crippen molar-refractivity contribution in [1.29, 1.82) is 0 Å². The van der Waals surface area contributed by atoms with Gasteiger partial charge >= 0.3 is 0 Å². The van der Waals surface area contributed by atoms with Crippen LogP contribution in [0.15, 0.2) is 77.2 Å². The van der Waals surface area contributed by atoms with Crippen molar-refractivity contribution in [1.82, 2.24) is 0 Å². The van der Waals surface area contributed by atoms with Crippen LogP contribution in [0.5, 0.6) is 0 Å². The lowest BCUT2D eigenvalue weighted by molar-refractivity contribution is 0.561. The van der Waals surface area contributed by atoms with Crippen molar-refractivity contribution < 1.29 is 4.42 Å². The van der Waals surface area contributed by atoms with Gasteiger partial charge in [0.2, 0.25) is 0 Å². The van der Waals surface area contributed by atoms with Crippen molar-refractivity contribution in [2.24, 2.45) is 0 Å². The van der Waals surface area contributed by atoms with Crippen molar-refractivity contribution in [3.63, 3.8) is 0 Å². The fraction of sp³-hybridized carbons (Fsp3) is 0.0909. The second-order valence-electron chi connectivity index (χ2n) is 6.13. The first kappa shape index (κ1) is 15.8. The second kappa shape index (κ2) is 6.66. The van der Waals surface area contributed by atoms with E-state index in [1.165, 1.54) is 5.56 Å². The van der Waals surface area contributed by atoms with Crippen LogP contribution in [0.3, 0.4) is 0 Å². The number of para-hydroxylation sites is 1. The van der Waals surface area contributed by atoms with Crippen LogP contribution in [-0.4, -0.2) is 0 Å². The number of halogens is 1. The maximum atomic E-state index is 6.17. The molecule has 4 rings (SSSR count). The van der Waals surface area contributed by atoms with Crippen LogP contribution in [0.1, 0.15) is 11.3 Å². The molecule has 0 atom stereocenters. The van der Waals surface area contributed by atoms with Crippen LogP contribution in [0.25, 0.3) is 22.1 Å². The molecule has 0 bridgehead atoms. The van der Waals surface area contributed by atoms with E-state index >= 15 is 0 Å². The van der Waals surface area contributed by atoms with Crippen LogP contribution < -0.4 is 5.32 Å². The van der Waals surface area contributed by atoms with Crippen molar-refractivity contribution in [3.8, 4) is 11.1 Å². The summed E-state index contributed by atoms with van der Waals surface area (Å²) in [7, 11) is 0. The third-order valence-electron chi connectivity index (χ3n) is 4.28. The first-order valence-corrected chi connectivity index (χ1v) is 8.65. The van der Waals surface area contributed by atoms with Gasteiger partial charge in [0.25, 0.3) is 0 Å². The summed E-state index contributed by atoms with van der Waals surface area (Å²) in [5.74, 6) is 0.923. The molecule has 3 heteroatoms. The van der Waals surface area contributed by atoms with E-state index in [0.29, 0.717) is 6.54 Å². The van der Waals surface area contributed by atoms with Gasteiger partial charge in [0, 0.05) is 21.7 Å². The number of furan rings is 1. The lowest BCUT2D eigenvalue weighted by Gasteiger charge is -2.07. The van der Waals surface area contributed by atoms with Gasteiger partial charge in [0.05, 0.1) is 6.54 Å². The Hall–Kier alpha value is -2.71. The molecule has 0 unspecified atom stereocenters. The molecule has 0 amide bonds. The third kappa shape index (κ3) is 3.26. The summed E-state index contributed by atoms with van der Waals surface area (Å²) in [6.07, 6.45) is 0. The van der Waals surface area contributed by atoms with E-state index in [4.69, 9.17) is 16.0 Å². The average molecular weight is 348 g/mol. The number of rotatable bonds is 4. The molecule has 1 N–H and O–H groups in total. The number of benzene rings is 3. The largest absolute Gasteiger partial charge is 0.459 e. The van der Waals surface area contributed by atoms with Crippen LogP contribution in [0.4, 0.5) is 5.69 Å². The molecule has 124 valence electrons. The fourth-order valence-corrected chi connectivity index (χ4v) is 3.18. The molecule has 2 nitrogen and oxygen atoms in total. The van der Waals surface area contributed by atoms with Crippen molar-refractivity contribution in [2.75, 3.05) is 5.32 Å². The van der Waals surface area contributed by atoms with Crippen molar-refractivity contribution in [2.45, 2.75) is 13.5 Å². The molecule has 0 aliphatic carbocycles. The molecule has 1 heterocycles. The standard InChI is InChI=1S/C22H18ClNO/c1-15-7-12-20-19(13-15)22(16-8-10-17(23)11-9-16)21(25-20)14-24-18-5-3-2-4-6-18/h2-13,24H,14H2,1H3. The lowest BCUT2D eigenvalue weighted by Crippen LogP contribution is -1.99. The summed E-state index contributed by atoms with van der Waals surface area (Å²) >= 11 is 6.06. The zero-order chi connectivity index (χ0) is 17.2. The Labute approximate surface area is 152 Å². The number of nitrogens with one attached hydrogen (secondary N) is 1. The molecule has 0 saturated heterocycles. The Bertz CT molecular complexity index is 1000. The van der Waals surface area contributed by atoms with Gasteiger partial charge in [0.15, 0.2) is 0 Å². The van der Waals surface area contributed by atoms with E-state index in [1.807, 2.05) is 48.5 Å². The summed E-state index contributed by atoms with van der Waals surface area (Å²) in [6, 6.07) is 24.4. The van der Waals surface area contributed by atoms with E-state index < -0.39 is 0 Å². The topological polar surface area (TPSA) is 25.2 Å². The lowest BCUT2D eigenvalue weighted by atomic mass is 10.0. The Morgan fingerprint density at radius 2 is 1.68 bits per heavy atom. The number of hydrogen-bond donors (Lipinski definition) is 1. The summed E-state index contributed by atoms with van der Waals surface area (Å²) in [5, 5.41) is 5.30. The summed E-state index contributed by atoms with van der Waals surface area (Å²) in [5.41, 5.74) is 5.42. The van der Waals surface area contributed by atoms with E-state index in [0.717, 1.165) is 38.6 Å². The minimum atomic E-state index is 0.621. The molecular formula is C22H18ClNO. The molecule has 0 saturated carbocycles. The summed E-state index contributed by atoms with van der Waals surface area (Å²) in [6.45, 7) is 2.72. The van der Waals surface area contributed by atoms with Crippen LogP contribution in [0, 0.1) is 6.92 Å². The SMILES string of the molecule is Cc1ccc2oc(CNc3ccccc3)c(-c3ccc(Cl)cc3)c2c1. The van der Waals surface area contributed by atoms with Crippen molar-refractivity contribution >= 4 is 28.3 Å². The van der Waals surface area contributed by atoms with Gasteiger partial charge in [-0.2, -0.15) is 0 Å². The Kier molecular flexibility index (Phi) is 4.21. The maximum Gasteiger partial charge on any atom is 0.135 e. The van der Waals surface area contributed by atoms with E-state index in [2.05, 4.69) is 36.5 Å². The fourth-order valence-electron chi connectivity index (χ4n) is 3.06. The predicted octanol–water partition coefficient (Wildman–Crippen LogP) is 6.67. The highest BCUT2D eigenvalue weighted by Gasteiger charge is 2.16. The Morgan fingerprint density at radius 3 is 2.44 bits per heavy atom. The highest BCUT2D eigenvalue weighted by molar-refractivity contribution is 6.30. The minimum absolute atomic E-state index is 0.621. The van der Waals surface area contributed by atoms with E-state index in [9.17, 15) is 0 Å². The number of anilines is 1. The molecule has 25 heavy (non-hydrogen) atoms. The number of aryl methyl sites for hydroxylation is 1. The quantitative estimate of drug-likeness (QED) is 0.445. The maximum absolute atomic E-state index is 6.17. The highest BCUT2D eigenvalue weighted by Crippen LogP contribution is 2.36. The molecular weight excluding hydrogens is 330 g/mol. The second-order valence-corrected chi connectivity index (χ2v) is 6.56. The molecule has 0 radical (unpaired) electrons. The Morgan fingerprint density at radius 1 is 0.920 bits per heavy atom. The summed E-state index contributed by atoms with van der Waals surface area (Å²) in [4.78, 5) is 0. The van der Waals surface area contributed by atoms with Gasteiger partial charge in [0.1, 0.15) is 11.3 Å². The van der Waals surface area contributed by atoms with Gasteiger partial charge < -0.3 is 9.73 Å². The number of fused-ring (bicyclic) bond motifs is 1. The van der Waals surface area contributed by atoms with Gasteiger partial charge in [-0.05, 0) is 48.9 Å². The third-order valence-corrected chi connectivity index (χ3v) is 4.53. The zero-order valence-electron chi connectivity index (χ0n) is 13.9. The molecule has 0 fully saturated rings. The van der Waals surface area contributed by atoms with E-state index in [1.54, 1.807) is 0 Å². The van der Waals surface area contributed by atoms with Crippen molar-refractivity contribution in [3.05, 3.63) is 89.1 Å². The first-order chi connectivity index (χ1) is 12.2. The van der Waals surface area contributed by atoms with Gasteiger partial charge in [-0.3, -0.25) is 0 Å². The normalized spacial score (nSPS) is 11.0. The average Bonchev–Trinajstić information content (AvgIpc) is 2.99. The molecule has 0 aliphatic heterocycles. The smallest absolute Gasteiger partial charge is 0.135 e. The van der Waals surface area contributed by atoms with Crippen LogP contribution in [-0.2, 0) is 6.54 Å². The molecule has 0 spiro atoms. The minimum Gasteiger partial charge on any atom is -0.459 e. The molecule has 0 aliphatic rings. The van der Waals surface area contributed by atoms with Gasteiger partial charge in [-0.25, -0.2) is 0 Å². The molecule has 1 aromatic heterocycles. The zero-order valence-corrected chi connectivity index (χ0v) is 14.7. The molecule has 3 aromatic carbocycles. The number of hydrogen-bond acceptors (Lipinski definition) is 2.